The molecule has 1 saturated heterocycles. The van der Waals surface area contributed by atoms with Crippen molar-refractivity contribution in [2.24, 2.45) is 7.05 Å². The van der Waals surface area contributed by atoms with Gasteiger partial charge >= 0.3 is 5.69 Å². The van der Waals surface area contributed by atoms with Crippen LogP contribution < -0.4 is 11.2 Å². The maximum atomic E-state index is 12.5. The molecule has 9 heteroatoms. The first-order valence-corrected chi connectivity index (χ1v) is 9.13. The lowest BCUT2D eigenvalue weighted by molar-refractivity contribution is 0.0327. The van der Waals surface area contributed by atoms with Gasteiger partial charge in [0.2, 0.25) is 0 Å². The fraction of sp³-hybridized carbons (Fsp3) is 0.389. The lowest BCUT2D eigenvalue weighted by Crippen LogP contribution is -2.36. The highest BCUT2D eigenvalue weighted by atomic mass is 35.5. The molecule has 3 aromatic rings. The maximum Gasteiger partial charge on any atom is 0.329 e. The molecule has 1 fully saturated rings. The van der Waals surface area contributed by atoms with Gasteiger partial charge in [0.15, 0.2) is 11.2 Å². The number of ether oxygens (including phenoxy) is 1. The number of nitrogens with one attached hydrogen (secondary N) is 1. The van der Waals surface area contributed by atoms with Crippen LogP contribution in [0, 0.1) is 0 Å². The summed E-state index contributed by atoms with van der Waals surface area (Å²) in [7, 11) is 1.61. The molecule has 27 heavy (non-hydrogen) atoms. The first-order valence-electron chi connectivity index (χ1n) is 8.76. The molecule has 0 radical (unpaired) electrons. The van der Waals surface area contributed by atoms with Crippen molar-refractivity contribution in [2.45, 2.75) is 13.1 Å². The van der Waals surface area contributed by atoms with Gasteiger partial charge in [0.05, 0.1) is 19.8 Å². The van der Waals surface area contributed by atoms with E-state index in [0.717, 1.165) is 24.5 Å². The number of aryl methyl sites for hydroxylation is 1. The van der Waals surface area contributed by atoms with E-state index in [-0.39, 0.29) is 0 Å². The zero-order valence-electron chi connectivity index (χ0n) is 14.9. The van der Waals surface area contributed by atoms with E-state index in [2.05, 4.69) is 14.9 Å². The van der Waals surface area contributed by atoms with Crippen molar-refractivity contribution in [1.29, 1.82) is 0 Å². The molecule has 1 aliphatic heterocycles. The number of imidazole rings is 1. The minimum Gasteiger partial charge on any atom is -0.379 e. The van der Waals surface area contributed by atoms with Gasteiger partial charge in [0, 0.05) is 31.7 Å². The van der Waals surface area contributed by atoms with Crippen molar-refractivity contribution in [1.82, 2.24) is 24.0 Å². The summed E-state index contributed by atoms with van der Waals surface area (Å²) in [6, 6.07) is 7.47. The van der Waals surface area contributed by atoms with Gasteiger partial charge in [-0.3, -0.25) is 19.2 Å². The van der Waals surface area contributed by atoms with Crippen molar-refractivity contribution in [3.63, 3.8) is 0 Å². The highest BCUT2D eigenvalue weighted by Crippen LogP contribution is 2.17. The predicted octanol–water partition coefficient (Wildman–Crippen LogP) is 0.957. The van der Waals surface area contributed by atoms with E-state index in [1.807, 2.05) is 28.8 Å². The van der Waals surface area contributed by atoms with Crippen LogP contribution in [0.4, 0.5) is 0 Å². The van der Waals surface area contributed by atoms with Crippen LogP contribution in [-0.2, 0) is 24.9 Å². The first-order chi connectivity index (χ1) is 13.0. The molecule has 1 aromatic carbocycles. The molecule has 8 nitrogen and oxygen atoms in total. The number of aromatic nitrogens is 4. The van der Waals surface area contributed by atoms with Crippen LogP contribution in [-0.4, -0.2) is 50.3 Å². The number of aromatic amines is 1. The average molecular weight is 390 g/mol. The Bertz CT molecular complexity index is 1080. The minimum absolute atomic E-state index is 0.390. The normalized spacial score (nSPS) is 15.5. The Labute approximate surface area is 160 Å². The van der Waals surface area contributed by atoms with Gasteiger partial charge in [0.1, 0.15) is 5.82 Å². The molecule has 0 saturated carbocycles. The third-order valence-electron chi connectivity index (χ3n) is 4.81. The summed E-state index contributed by atoms with van der Waals surface area (Å²) in [6.07, 6.45) is 0. The summed E-state index contributed by atoms with van der Waals surface area (Å²) in [5.74, 6) is 0.744. The summed E-state index contributed by atoms with van der Waals surface area (Å²) in [4.78, 5) is 33.8. The van der Waals surface area contributed by atoms with Crippen molar-refractivity contribution < 1.29 is 4.74 Å². The number of hydrogen-bond acceptors (Lipinski definition) is 5. The van der Waals surface area contributed by atoms with E-state index in [4.69, 9.17) is 16.3 Å². The van der Waals surface area contributed by atoms with Crippen molar-refractivity contribution in [2.75, 3.05) is 26.3 Å². The lowest BCUT2D eigenvalue weighted by atomic mass is 10.2. The summed E-state index contributed by atoms with van der Waals surface area (Å²) in [5.41, 5.74) is 0.885. The molecule has 0 aliphatic carbocycles. The number of hydrogen-bond donors (Lipinski definition) is 1. The Morgan fingerprint density at radius 3 is 2.56 bits per heavy atom. The molecule has 1 N–H and O–H groups in total. The van der Waals surface area contributed by atoms with Gasteiger partial charge in [-0.15, -0.1) is 0 Å². The zero-order chi connectivity index (χ0) is 19.0. The molecular formula is C18H20ClN5O3. The van der Waals surface area contributed by atoms with Gasteiger partial charge in [0.25, 0.3) is 5.56 Å². The Morgan fingerprint density at radius 1 is 1.15 bits per heavy atom. The molecule has 3 heterocycles. The summed E-state index contributed by atoms with van der Waals surface area (Å²) in [5, 5.41) is 0.656. The van der Waals surface area contributed by atoms with Crippen LogP contribution in [0.5, 0.6) is 0 Å². The lowest BCUT2D eigenvalue weighted by Gasteiger charge is -2.26. The van der Waals surface area contributed by atoms with Crippen LogP contribution in [0.2, 0.25) is 5.02 Å². The van der Waals surface area contributed by atoms with Gasteiger partial charge < -0.3 is 9.30 Å². The number of benzene rings is 1. The number of H-pyrrole nitrogens is 1. The Balaban J connectivity index is 1.82. The monoisotopic (exact) mass is 389 g/mol. The SMILES string of the molecule is Cn1c(=O)[nH]c(=O)c2c1nc(CN1CCOCC1)n2Cc1ccc(Cl)cc1. The molecular weight excluding hydrogens is 370 g/mol. The summed E-state index contributed by atoms with van der Waals surface area (Å²) >= 11 is 5.98. The molecule has 4 rings (SSSR count). The van der Waals surface area contributed by atoms with E-state index in [9.17, 15) is 9.59 Å². The number of nitrogens with zero attached hydrogens (tertiary/aromatic N) is 4. The quantitative estimate of drug-likeness (QED) is 0.718. The average Bonchev–Trinajstić information content (AvgIpc) is 3.01. The van der Waals surface area contributed by atoms with E-state index in [1.54, 1.807) is 7.05 Å². The smallest absolute Gasteiger partial charge is 0.329 e. The molecule has 0 bridgehead atoms. The van der Waals surface area contributed by atoms with E-state index in [1.165, 1.54) is 4.57 Å². The molecule has 2 aromatic heterocycles. The molecule has 0 atom stereocenters. The fourth-order valence-corrected chi connectivity index (χ4v) is 3.43. The Hall–Kier alpha value is -2.42. The Kier molecular flexibility index (Phi) is 4.86. The van der Waals surface area contributed by atoms with Crippen molar-refractivity contribution >= 4 is 22.8 Å². The highest BCUT2D eigenvalue weighted by Gasteiger charge is 2.20. The standard InChI is InChI=1S/C18H20ClN5O3/c1-22-16-15(17(25)21-18(22)26)24(10-12-2-4-13(19)5-3-12)14(20-16)11-23-6-8-27-9-7-23/h2-5H,6-11H2,1H3,(H,21,25,26). The third-order valence-corrected chi connectivity index (χ3v) is 5.06. The fourth-order valence-electron chi connectivity index (χ4n) is 3.30. The minimum atomic E-state index is -0.471. The van der Waals surface area contributed by atoms with E-state index < -0.39 is 11.2 Å². The second kappa shape index (κ2) is 7.30. The first kappa shape index (κ1) is 18.0. The van der Waals surface area contributed by atoms with Gasteiger partial charge in [-0.2, -0.15) is 0 Å². The van der Waals surface area contributed by atoms with Crippen LogP contribution in [0.15, 0.2) is 33.9 Å². The number of halogens is 1. The van der Waals surface area contributed by atoms with Crippen LogP contribution >= 0.6 is 11.6 Å². The number of fused-ring (bicyclic) bond motifs is 1. The van der Waals surface area contributed by atoms with E-state index >= 15 is 0 Å². The highest BCUT2D eigenvalue weighted by molar-refractivity contribution is 6.30. The Morgan fingerprint density at radius 2 is 1.85 bits per heavy atom. The van der Waals surface area contributed by atoms with E-state index in [0.29, 0.717) is 42.5 Å². The maximum absolute atomic E-state index is 12.5. The summed E-state index contributed by atoms with van der Waals surface area (Å²) < 4.78 is 8.66. The van der Waals surface area contributed by atoms with Crippen molar-refractivity contribution in [3.8, 4) is 0 Å². The van der Waals surface area contributed by atoms with Gasteiger partial charge in [-0.25, -0.2) is 9.78 Å². The van der Waals surface area contributed by atoms with Crippen LogP contribution in [0.3, 0.4) is 0 Å². The van der Waals surface area contributed by atoms with Crippen LogP contribution in [0.1, 0.15) is 11.4 Å². The van der Waals surface area contributed by atoms with Crippen molar-refractivity contribution in [3.05, 3.63) is 61.5 Å². The molecule has 0 spiro atoms. The largest absolute Gasteiger partial charge is 0.379 e. The molecule has 142 valence electrons. The molecule has 1 aliphatic rings. The van der Waals surface area contributed by atoms with Gasteiger partial charge in [-0.1, -0.05) is 23.7 Å². The topological polar surface area (TPSA) is 85.2 Å². The number of morpholine rings is 1. The molecule has 0 amide bonds. The second-order valence-corrected chi connectivity index (χ2v) is 7.06. The number of rotatable bonds is 4. The summed E-state index contributed by atoms with van der Waals surface area (Å²) in [6.45, 7) is 4.01. The van der Waals surface area contributed by atoms with Gasteiger partial charge in [-0.05, 0) is 17.7 Å². The van der Waals surface area contributed by atoms with Crippen LogP contribution in [0.25, 0.3) is 11.2 Å². The zero-order valence-corrected chi connectivity index (χ0v) is 15.7. The third kappa shape index (κ3) is 3.55. The predicted molar refractivity (Wildman–Crippen MR) is 102 cm³/mol. The second-order valence-electron chi connectivity index (χ2n) is 6.62. The molecule has 0 unspecified atom stereocenters.